The predicted octanol–water partition coefficient (Wildman–Crippen LogP) is 6.81. The van der Waals surface area contributed by atoms with E-state index in [1.807, 2.05) is 0 Å². The highest BCUT2D eigenvalue weighted by Gasteiger charge is 2.45. The maximum Gasteiger partial charge on any atom is 0.181 e. The van der Waals surface area contributed by atoms with Crippen molar-refractivity contribution in [3.63, 3.8) is 0 Å². The highest BCUT2D eigenvalue weighted by atomic mass is 32.2. The Kier molecular flexibility index (Phi) is 8.33. The lowest BCUT2D eigenvalue weighted by Crippen LogP contribution is -2.26. The van der Waals surface area contributed by atoms with Crippen molar-refractivity contribution >= 4 is 67.3 Å². The van der Waals surface area contributed by atoms with Crippen molar-refractivity contribution in [1.29, 1.82) is 0 Å². The Balaban J connectivity index is 1.27. The Hall–Kier alpha value is -2.98. The molecule has 7 aliphatic rings. The number of hydrogen-bond acceptors (Lipinski definition) is 15. The van der Waals surface area contributed by atoms with Gasteiger partial charge in [-0.15, -0.1) is 57.5 Å². The molecule has 0 amide bonds. The predicted molar refractivity (Wildman–Crippen MR) is 207 cm³/mol. The van der Waals surface area contributed by atoms with E-state index < -0.39 is 0 Å². The van der Waals surface area contributed by atoms with Crippen molar-refractivity contribution < 1.29 is 47.4 Å². The molecule has 0 aliphatic carbocycles. The average Bonchev–Trinajstić information content (AvgIpc) is 3.97. The van der Waals surface area contributed by atoms with Gasteiger partial charge in [0.1, 0.15) is 66.1 Å². The van der Waals surface area contributed by atoms with Crippen molar-refractivity contribution in [2.45, 2.75) is 52.0 Å². The van der Waals surface area contributed by atoms with E-state index in [0.717, 1.165) is 83.0 Å². The summed E-state index contributed by atoms with van der Waals surface area (Å²) in [5, 5.41) is 0.231. The third kappa shape index (κ3) is 5.53. The van der Waals surface area contributed by atoms with Crippen LogP contribution in [0.25, 0.3) is 9.81 Å². The maximum absolute atomic E-state index is 6.47. The van der Waals surface area contributed by atoms with Crippen molar-refractivity contribution in [3.8, 4) is 34.5 Å². The molecule has 0 bridgehead atoms. The summed E-state index contributed by atoms with van der Waals surface area (Å²) in [5.74, 6) is 7.80. The first-order chi connectivity index (χ1) is 25.6. The summed E-state index contributed by atoms with van der Waals surface area (Å²) in [7, 11) is 0. The second kappa shape index (κ2) is 12.8. The summed E-state index contributed by atoms with van der Waals surface area (Å²) >= 11 is 8.49. The number of fused-ring (bicyclic) bond motifs is 3. The van der Waals surface area contributed by atoms with Crippen LogP contribution in [0, 0.1) is 29.0 Å². The van der Waals surface area contributed by atoms with Gasteiger partial charge < -0.3 is 47.4 Å². The molecule has 0 fully saturated rings. The van der Waals surface area contributed by atoms with Gasteiger partial charge in [0, 0.05) is 0 Å². The van der Waals surface area contributed by atoms with Crippen molar-refractivity contribution in [2.75, 3.05) is 66.1 Å². The maximum atomic E-state index is 6.47. The van der Waals surface area contributed by atoms with Crippen LogP contribution < -0.4 is 37.5 Å². The largest absolute Gasteiger partial charge is 0.489 e. The van der Waals surface area contributed by atoms with E-state index in [1.54, 1.807) is 57.5 Å². The van der Waals surface area contributed by atoms with E-state index in [0.29, 0.717) is 77.6 Å². The van der Waals surface area contributed by atoms with Gasteiger partial charge in [0.2, 0.25) is 0 Å². The van der Waals surface area contributed by atoms with Crippen LogP contribution in [-0.2, 0) is 18.9 Å². The lowest BCUT2D eigenvalue weighted by atomic mass is 9.90. The molecule has 0 aromatic carbocycles. The average molecular weight is 817 g/mol. The van der Waals surface area contributed by atoms with Gasteiger partial charge in [-0.2, -0.15) is 0 Å². The zero-order valence-electron chi connectivity index (χ0n) is 30.3. The molecule has 3 aromatic heterocycles. The third-order valence-electron chi connectivity index (χ3n) is 9.58. The second-order valence-corrected chi connectivity index (χ2v) is 20.8. The van der Waals surface area contributed by atoms with Crippen molar-refractivity contribution in [1.82, 2.24) is 0 Å². The molecule has 2 unspecified atom stereocenters. The Morgan fingerprint density at radius 3 is 0.943 bits per heavy atom. The molecule has 10 nitrogen and oxygen atoms in total. The molecule has 10 rings (SSSR count). The minimum atomic E-state index is -0.0419. The van der Waals surface area contributed by atoms with Crippen LogP contribution in [0.15, 0.2) is 23.0 Å². The lowest BCUT2D eigenvalue weighted by Gasteiger charge is -2.28. The van der Waals surface area contributed by atoms with Gasteiger partial charge in [-0.1, -0.05) is 41.5 Å². The summed E-state index contributed by atoms with van der Waals surface area (Å²) in [6.07, 6.45) is 0. The van der Waals surface area contributed by atoms with Gasteiger partial charge in [-0.3, -0.25) is 0 Å². The smallest absolute Gasteiger partial charge is 0.181 e. The van der Waals surface area contributed by atoms with E-state index >= 15 is 0 Å². The van der Waals surface area contributed by atoms with Gasteiger partial charge in [-0.25, -0.2) is 0 Å². The molecule has 53 heavy (non-hydrogen) atoms. The molecule has 0 spiro atoms. The van der Waals surface area contributed by atoms with E-state index in [1.165, 1.54) is 0 Å². The fourth-order valence-corrected chi connectivity index (χ4v) is 14.2. The molecule has 3 aromatic rings. The molecular weight excluding hydrogens is 777 g/mol. The van der Waals surface area contributed by atoms with Gasteiger partial charge in [0.25, 0.3) is 0 Å². The van der Waals surface area contributed by atoms with E-state index in [2.05, 4.69) is 41.5 Å². The highest BCUT2D eigenvalue weighted by Crippen LogP contribution is 2.55. The third-order valence-corrected chi connectivity index (χ3v) is 17.2. The SMILES string of the molecule is CC(C)(C)C1S/C(=c2/s/c(=c3/s/c(=c4/s/c(=C5/SC(C(C)(C)C)C6=C5OCCO6)c5c4OCCO5)c4c3OCCO4)c3c2OCCO3)C2=C1OCCO2. The summed E-state index contributed by atoms with van der Waals surface area (Å²) in [6, 6.07) is 0. The molecule has 0 saturated heterocycles. The zero-order chi connectivity index (χ0) is 36.2. The lowest BCUT2D eigenvalue weighted by molar-refractivity contribution is 0.0633. The minimum absolute atomic E-state index is 0.0419. The van der Waals surface area contributed by atoms with Gasteiger partial charge in [0.15, 0.2) is 57.5 Å². The summed E-state index contributed by atoms with van der Waals surface area (Å²) < 4.78 is 69.5. The van der Waals surface area contributed by atoms with Crippen LogP contribution in [0.3, 0.4) is 0 Å². The normalized spacial score (nSPS) is 26.7. The fraction of sp³-hybridized carbons (Fsp3) is 0.526. The van der Waals surface area contributed by atoms with Gasteiger partial charge in [-0.05, 0) is 10.8 Å². The summed E-state index contributed by atoms with van der Waals surface area (Å²) in [4.78, 5) is 2.07. The zero-order valence-corrected chi connectivity index (χ0v) is 34.4. The molecule has 0 N–H and O–H groups in total. The van der Waals surface area contributed by atoms with E-state index in [4.69, 9.17) is 47.4 Å². The van der Waals surface area contributed by atoms with Crippen molar-refractivity contribution in [2.24, 2.45) is 10.8 Å². The Morgan fingerprint density at radius 2 is 0.623 bits per heavy atom. The first kappa shape index (κ1) is 34.5. The number of rotatable bonds is 0. The standard InChI is InChI=1S/C38H40O10S5/c1-37(2,3)35-25-23(45-13-15-47-25)33(52-35)31-21-19(41-9-11-43-21)29(50-31)27-17-18(40-8-7-39-17)28(49-27)30-20-22(44-12-10-42-20)32(51-30)34-24-26(48-16-14-46-24)36(53-34)38(4,5)6/h35-36H,7-16H2,1-6H3/b29-27+,30-28+,33-31+,34-32+. The van der Waals surface area contributed by atoms with Crippen LogP contribution in [0.5, 0.6) is 34.5 Å². The second-order valence-electron chi connectivity index (χ2n) is 15.5. The number of ether oxygens (including phenoxy) is 10. The summed E-state index contributed by atoms with van der Waals surface area (Å²) in [6.45, 7) is 18.3. The van der Waals surface area contributed by atoms with Crippen LogP contribution in [0.4, 0.5) is 0 Å². The highest BCUT2D eigenvalue weighted by molar-refractivity contribution is 8.09. The first-order valence-corrected chi connectivity index (χ1v) is 22.1. The Labute approximate surface area is 326 Å². The summed E-state index contributed by atoms with van der Waals surface area (Å²) in [5.41, 5.74) is -0.0838. The molecular formula is C38H40O10S5. The van der Waals surface area contributed by atoms with E-state index in [-0.39, 0.29) is 21.3 Å². The molecule has 7 aliphatic heterocycles. The monoisotopic (exact) mass is 816 g/mol. The Morgan fingerprint density at radius 1 is 0.358 bits per heavy atom. The molecule has 2 atom stereocenters. The van der Waals surface area contributed by atoms with Crippen LogP contribution in [0.1, 0.15) is 41.5 Å². The fourth-order valence-electron chi connectivity index (χ4n) is 7.26. The number of thioether (sulfide) groups is 2. The molecule has 0 saturated carbocycles. The molecule has 15 heteroatoms. The molecule has 282 valence electrons. The number of thiophene rings is 3. The van der Waals surface area contributed by atoms with Crippen LogP contribution in [-0.4, -0.2) is 76.6 Å². The van der Waals surface area contributed by atoms with Crippen LogP contribution in [0.2, 0.25) is 0 Å². The van der Waals surface area contributed by atoms with Gasteiger partial charge in [0.05, 0.1) is 47.5 Å². The number of hydrogen-bond donors (Lipinski definition) is 0. The van der Waals surface area contributed by atoms with Crippen molar-refractivity contribution in [3.05, 3.63) is 50.2 Å². The quantitative estimate of drug-likeness (QED) is 0.239. The molecule has 10 heterocycles. The van der Waals surface area contributed by atoms with Gasteiger partial charge >= 0.3 is 0 Å². The molecule has 0 radical (unpaired) electrons. The Bertz CT molecular complexity index is 2260. The van der Waals surface area contributed by atoms with Crippen LogP contribution >= 0.6 is 57.5 Å². The van der Waals surface area contributed by atoms with E-state index in [9.17, 15) is 0 Å². The first-order valence-electron chi connectivity index (χ1n) is 17.9. The minimum Gasteiger partial charge on any atom is -0.489 e. The topological polar surface area (TPSA) is 92.3 Å².